The maximum Gasteiger partial charge on any atom is 0.242 e. The van der Waals surface area contributed by atoms with Crippen molar-refractivity contribution in [2.45, 2.75) is 46.7 Å². The zero-order valence-corrected chi connectivity index (χ0v) is 20.5. The minimum atomic E-state index is -0.0385. The van der Waals surface area contributed by atoms with Gasteiger partial charge in [0.15, 0.2) is 0 Å². The average molecular weight is 462 g/mol. The molecule has 2 amide bonds. The fraction of sp³-hybridized carbons (Fsp3) is 0.520. The second kappa shape index (κ2) is 13.3. The summed E-state index contributed by atoms with van der Waals surface area (Å²) in [6.07, 6.45) is 3.10. The summed E-state index contributed by atoms with van der Waals surface area (Å²) in [4.78, 5) is 29.2. The second-order valence-electron chi connectivity index (χ2n) is 8.40. The van der Waals surface area contributed by atoms with E-state index in [9.17, 15) is 9.59 Å². The molecule has 0 aliphatic carbocycles. The summed E-state index contributed by atoms with van der Waals surface area (Å²) in [5.41, 5.74) is 2.07. The minimum absolute atomic E-state index is 0.0129. The number of hydrogen-bond acceptors (Lipinski definition) is 3. The first kappa shape index (κ1) is 25.9. The molecule has 0 aliphatic rings. The van der Waals surface area contributed by atoms with Gasteiger partial charge in [-0.3, -0.25) is 9.59 Å². The monoisotopic (exact) mass is 461 g/mol. The fourth-order valence-electron chi connectivity index (χ4n) is 3.63. The van der Waals surface area contributed by atoms with Crippen LogP contribution >= 0.6 is 11.6 Å². The first-order valence-electron chi connectivity index (χ1n) is 11.3. The Kier molecular flexibility index (Phi) is 10.8. The van der Waals surface area contributed by atoms with Crippen molar-refractivity contribution in [1.82, 2.24) is 14.4 Å². The van der Waals surface area contributed by atoms with Gasteiger partial charge in [-0.2, -0.15) is 0 Å². The molecule has 7 heteroatoms. The first-order valence-corrected chi connectivity index (χ1v) is 11.6. The first-order chi connectivity index (χ1) is 15.3. The highest BCUT2D eigenvalue weighted by Gasteiger charge is 2.22. The van der Waals surface area contributed by atoms with Crippen molar-refractivity contribution >= 4 is 23.4 Å². The molecule has 1 heterocycles. The molecule has 1 aromatic carbocycles. The van der Waals surface area contributed by atoms with E-state index in [-0.39, 0.29) is 18.4 Å². The number of benzene rings is 1. The lowest BCUT2D eigenvalue weighted by Crippen LogP contribution is -2.44. The number of carbonyl (C=O) groups excluding carboxylic acids is 2. The zero-order valence-electron chi connectivity index (χ0n) is 19.7. The number of ether oxygens (including phenoxy) is 1. The highest BCUT2D eigenvalue weighted by molar-refractivity contribution is 6.31. The van der Waals surface area contributed by atoms with E-state index in [4.69, 9.17) is 16.3 Å². The van der Waals surface area contributed by atoms with Crippen LogP contribution < -0.4 is 0 Å². The number of halogens is 1. The van der Waals surface area contributed by atoms with E-state index >= 15 is 0 Å². The van der Waals surface area contributed by atoms with Crippen LogP contribution in [-0.2, 0) is 27.4 Å². The highest BCUT2D eigenvalue weighted by Crippen LogP contribution is 2.18. The smallest absolute Gasteiger partial charge is 0.242 e. The Bertz CT molecular complexity index is 866. The number of hydrogen-bond donors (Lipinski definition) is 0. The normalized spacial score (nSPS) is 11.1. The van der Waals surface area contributed by atoms with Crippen LogP contribution in [0.15, 0.2) is 42.6 Å². The predicted molar refractivity (Wildman–Crippen MR) is 129 cm³/mol. The van der Waals surface area contributed by atoms with Crippen LogP contribution in [-0.4, -0.2) is 59.5 Å². The Morgan fingerprint density at radius 1 is 1.09 bits per heavy atom. The molecule has 0 N–H and O–H groups in total. The molecule has 2 rings (SSSR count). The summed E-state index contributed by atoms with van der Waals surface area (Å²) in [5, 5.41) is 0.729. The number of carbonyl (C=O) groups is 2. The van der Waals surface area contributed by atoms with E-state index in [0.29, 0.717) is 51.5 Å². The zero-order chi connectivity index (χ0) is 23.5. The summed E-state index contributed by atoms with van der Waals surface area (Å²) in [6.45, 7) is 8.94. The van der Waals surface area contributed by atoms with E-state index in [1.54, 1.807) is 12.0 Å². The molecule has 176 valence electrons. The third kappa shape index (κ3) is 7.99. The molecule has 0 aliphatic heterocycles. The van der Waals surface area contributed by atoms with Gasteiger partial charge in [0, 0.05) is 56.7 Å². The number of rotatable bonds is 13. The van der Waals surface area contributed by atoms with E-state index in [2.05, 4.69) is 18.4 Å². The number of aromatic nitrogens is 1. The third-order valence-electron chi connectivity index (χ3n) is 5.27. The number of nitrogens with zero attached hydrogens (tertiary/aromatic N) is 3. The minimum Gasteiger partial charge on any atom is -0.385 e. The summed E-state index contributed by atoms with van der Waals surface area (Å²) >= 11 is 6.35. The molecule has 0 saturated carbocycles. The molecule has 0 atom stereocenters. The van der Waals surface area contributed by atoms with Gasteiger partial charge in [-0.05, 0) is 36.1 Å². The van der Waals surface area contributed by atoms with Gasteiger partial charge in [-0.1, -0.05) is 50.6 Å². The average Bonchev–Trinajstić information content (AvgIpc) is 3.20. The standard InChI is InChI=1S/C25H36ClN3O3/c1-5-24(30)28(14-9-15-32-4)19-25(31)29(16-20(2)3)18-22-11-8-13-27(22)17-21-10-6-7-12-23(21)26/h6-8,10-13,20H,5,9,14-19H2,1-4H3. The summed E-state index contributed by atoms with van der Waals surface area (Å²) < 4.78 is 7.23. The Balaban J connectivity index is 2.14. The molecule has 32 heavy (non-hydrogen) atoms. The molecule has 0 bridgehead atoms. The molecule has 6 nitrogen and oxygen atoms in total. The Morgan fingerprint density at radius 3 is 2.50 bits per heavy atom. The van der Waals surface area contributed by atoms with Gasteiger partial charge in [-0.15, -0.1) is 0 Å². The third-order valence-corrected chi connectivity index (χ3v) is 5.64. The molecule has 0 radical (unpaired) electrons. The molecule has 0 spiro atoms. The van der Waals surface area contributed by atoms with Crippen LogP contribution in [0.3, 0.4) is 0 Å². The number of amides is 2. The van der Waals surface area contributed by atoms with Crippen molar-refractivity contribution in [1.29, 1.82) is 0 Å². The van der Waals surface area contributed by atoms with Gasteiger partial charge in [0.25, 0.3) is 0 Å². The van der Waals surface area contributed by atoms with Crippen molar-refractivity contribution in [3.63, 3.8) is 0 Å². The van der Waals surface area contributed by atoms with Gasteiger partial charge < -0.3 is 19.1 Å². The van der Waals surface area contributed by atoms with Gasteiger partial charge in [0.2, 0.25) is 11.8 Å². The van der Waals surface area contributed by atoms with Crippen molar-refractivity contribution in [3.05, 3.63) is 58.9 Å². The fourth-order valence-corrected chi connectivity index (χ4v) is 3.82. The lowest BCUT2D eigenvalue weighted by Gasteiger charge is -2.29. The van der Waals surface area contributed by atoms with E-state index < -0.39 is 0 Å². The van der Waals surface area contributed by atoms with Crippen LogP contribution in [0.4, 0.5) is 0 Å². The van der Waals surface area contributed by atoms with Crippen LogP contribution in [0.2, 0.25) is 5.02 Å². The second-order valence-corrected chi connectivity index (χ2v) is 8.81. The van der Waals surface area contributed by atoms with Crippen molar-refractivity contribution < 1.29 is 14.3 Å². The molecule has 0 saturated heterocycles. The van der Waals surface area contributed by atoms with Crippen LogP contribution in [0.5, 0.6) is 0 Å². The maximum atomic E-state index is 13.3. The molecule has 0 fully saturated rings. The number of methoxy groups -OCH3 is 1. The van der Waals surface area contributed by atoms with Gasteiger partial charge in [0.1, 0.15) is 0 Å². The van der Waals surface area contributed by atoms with E-state index in [0.717, 1.165) is 16.3 Å². The predicted octanol–water partition coefficient (Wildman–Crippen LogP) is 4.45. The molecular formula is C25H36ClN3O3. The summed E-state index contributed by atoms with van der Waals surface area (Å²) in [7, 11) is 1.64. The molecular weight excluding hydrogens is 426 g/mol. The summed E-state index contributed by atoms with van der Waals surface area (Å²) in [6, 6.07) is 11.8. The van der Waals surface area contributed by atoms with Gasteiger partial charge in [0.05, 0.1) is 13.1 Å². The van der Waals surface area contributed by atoms with Crippen molar-refractivity contribution in [2.24, 2.45) is 5.92 Å². The van der Waals surface area contributed by atoms with Gasteiger partial charge >= 0.3 is 0 Å². The quantitative estimate of drug-likeness (QED) is 0.414. The van der Waals surface area contributed by atoms with Crippen molar-refractivity contribution in [3.8, 4) is 0 Å². The van der Waals surface area contributed by atoms with Gasteiger partial charge in [-0.25, -0.2) is 0 Å². The highest BCUT2D eigenvalue weighted by atomic mass is 35.5. The topological polar surface area (TPSA) is 54.8 Å². The lowest BCUT2D eigenvalue weighted by molar-refractivity contribution is -0.141. The Morgan fingerprint density at radius 2 is 1.84 bits per heavy atom. The SMILES string of the molecule is CCC(=O)N(CCCOC)CC(=O)N(Cc1cccn1Cc1ccccc1Cl)CC(C)C. The van der Waals surface area contributed by atoms with Crippen LogP contribution in [0.1, 0.15) is 44.9 Å². The Labute approximate surface area is 197 Å². The Hall–Kier alpha value is -2.31. The molecule has 1 aromatic heterocycles. The molecule has 2 aromatic rings. The van der Waals surface area contributed by atoms with E-state index in [1.165, 1.54) is 0 Å². The van der Waals surface area contributed by atoms with Crippen molar-refractivity contribution in [2.75, 3.05) is 33.4 Å². The summed E-state index contributed by atoms with van der Waals surface area (Å²) in [5.74, 6) is 0.263. The lowest BCUT2D eigenvalue weighted by atomic mass is 10.2. The largest absolute Gasteiger partial charge is 0.385 e. The van der Waals surface area contributed by atoms with Crippen LogP contribution in [0.25, 0.3) is 0 Å². The maximum absolute atomic E-state index is 13.3. The van der Waals surface area contributed by atoms with E-state index in [1.807, 2.05) is 54.4 Å². The molecule has 0 unspecified atom stereocenters. The van der Waals surface area contributed by atoms with Crippen LogP contribution in [0, 0.1) is 5.92 Å².